The van der Waals surface area contributed by atoms with Crippen molar-refractivity contribution >= 4 is 11.0 Å². The van der Waals surface area contributed by atoms with E-state index >= 15 is 0 Å². The summed E-state index contributed by atoms with van der Waals surface area (Å²) in [5, 5.41) is 0. The Labute approximate surface area is 92.1 Å². The highest BCUT2D eigenvalue weighted by Crippen LogP contribution is 2.17. The first kappa shape index (κ1) is 10.9. The van der Waals surface area contributed by atoms with Gasteiger partial charge in [-0.25, -0.2) is 9.18 Å². The molecule has 1 unspecified atom stereocenters. The Kier molecular flexibility index (Phi) is 2.55. The number of hydrogen-bond donors (Lipinski definition) is 1. The van der Waals surface area contributed by atoms with Gasteiger partial charge in [-0.1, -0.05) is 0 Å². The van der Waals surface area contributed by atoms with Crippen molar-refractivity contribution < 1.29 is 4.39 Å². The fourth-order valence-electron chi connectivity index (χ4n) is 1.87. The predicted molar refractivity (Wildman–Crippen MR) is 60.9 cm³/mol. The number of halogens is 1. The Morgan fingerprint density at radius 2 is 2.12 bits per heavy atom. The average molecular weight is 223 g/mol. The number of nitrogens with zero attached hydrogens (tertiary/aromatic N) is 2. The molecule has 0 aliphatic rings. The summed E-state index contributed by atoms with van der Waals surface area (Å²) in [5.41, 5.74) is 6.69. The van der Waals surface area contributed by atoms with Gasteiger partial charge in [0.05, 0.1) is 11.0 Å². The van der Waals surface area contributed by atoms with Crippen LogP contribution in [-0.4, -0.2) is 15.7 Å². The van der Waals surface area contributed by atoms with Crippen LogP contribution in [0.4, 0.5) is 4.39 Å². The van der Waals surface area contributed by atoms with Crippen LogP contribution in [0.2, 0.25) is 0 Å². The molecule has 0 amide bonds. The summed E-state index contributed by atoms with van der Waals surface area (Å²) in [6, 6.07) is 4.22. The van der Waals surface area contributed by atoms with Crippen molar-refractivity contribution in [3.05, 3.63) is 34.5 Å². The molecule has 0 aliphatic carbocycles. The number of benzene rings is 1. The summed E-state index contributed by atoms with van der Waals surface area (Å²) < 4.78 is 16.1. The van der Waals surface area contributed by atoms with Crippen molar-refractivity contribution in [3.63, 3.8) is 0 Å². The summed E-state index contributed by atoms with van der Waals surface area (Å²) in [4.78, 5) is 11.9. The molecule has 1 aromatic heterocycles. The number of fused-ring (bicyclic) bond motifs is 1. The Balaban J connectivity index is 2.84. The van der Waals surface area contributed by atoms with E-state index in [1.54, 1.807) is 17.7 Å². The van der Waals surface area contributed by atoms with E-state index < -0.39 is 0 Å². The summed E-state index contributed by atoms with van der Waals surface area (Å²) >= 11 is 0. The monoisotopic (exact) mass is 223 g/mol. The average Bonchev–Trinajstić information content (AvgIpc) is 2.52. The normalized spacial score (nSPS) is 13.2. The third-order valence-electron chi connectivity index (χ3n) is 2.83. The molecule has 0 fully saturated rings. The quantitative estimate of drug-likeness (QED) is 0.825. The molecule has 86 valence electrons. The molecule has 5 heteroatoms. The van der Waals surface area contributed by atoms with Crippen molar-refractivity contribution in [3.8, 4) is 0 Å². The third-order valence-corrected chi connectivity index (χ3v) is 2.83. The second-order valence-electron chi connectivity index (χ2n) is 3.93. The highest BCUT2D eigenvalue weighted by atomic mass is 19.1. The maximum Gasteiger partial charge on any atom is 0.329 e. The van der Waals surface area contributed by atoms with Crippen molar-refractivity contribution in [2.24, 2.45) is 12.8 Å². The minimum Gasteiger partial charge on any atom is -0.328 e. The zero-order valence-corrected chi connectivity index (χ0v) is 9.27. The van der Waals surface area contributed by atoms with Crippen molar-refractivity contribution in [1.82, 2.24) is 9.13 Å². The molecule has 1 atom stereocenters. The molecule has 0 radical (unpaired) electrons. The zero-order valence-electron chi connectivity index (χ0n) is 9.27. The first-order chi connectivity index (χ1) is 7.56. The van der Waals surface area contributed by atoms with Gasteiger partial charge < -0.3 is 5.73 Å². The second kappa shape index (κ2) is 3.75. The Bertz CT molecular complexity index is 585. The van der Waals surface area contributed by atoms with Gasteiger partial charge in [0.25, 0.3) is 0 Å². The van der Waals surface area contributed by atoms with Gasteiger partial charge in [0, 0.05) is 19.6 Å². The van der Waals surface area contributed by atoms with E-state index in [9.17, 15) is 9.18 Å². The Morgan fingerprint density at radius 3 is 2.75 bits per heavy atom. The first-order valence-corrected chi connectivity index (χ1v) is 5.12. The number of aromatic nitrogens is 2. The molecule has 2 aromatic rings. The molecule has 0 spiro atoms. The van der Waals surface area contributed by atoms with E-state index in [1.807, 2.05) is 6.92 Å². The largest absolute Gasteiger partial charge is 0.329 e. The third kappa shape index (κ3) is 1.44. The Morgan fingerprint density at radius 1 is 1.44 bits per heavy atom. The topological polar surface area (TPSA) is 52.9 Å². The van der Waals surface area contributed by atoms with Crippen LogP contribution in [0.5, 0.6) is 0 Å². The van der Waals surface area contributed by atoms with Crippen LogP contribution in [0.3, 0.4) is 0 Å². The minimum atomic E-state index is -0.347. The second-order valence-corrected chi connectivity index (χ2v) is 3.93. The number of aryl methyl sites for hydroxylation is 1. The summed E-state index contributed by atoms with van der Waals surface area (Å²) in [6.07, 6.45) is 0. The van der Waals surface area contributed by atoms with Crippen LogP contribution < -0.4 is 11.4 Å². The molecular weight excluding hydrogens is 209 g/mol. The van der Waals surface area contributed by atoms with Crippen molar-refractivity contribution in [2.45, 2.75) is 13.0 Å². The molecule has 2 rings (SSSR count). The van der Waals surface area contributed by atoms with Gasteiger partial charge in [-0.15, -0.1) is 0 Å². The van der Waals surface area contributed by atoms with Gasteiger partial charge in [-0.05, 0) is 25.1 Å². The molecule has 0 aliphatic heterocycles. The molecule has 1 heterocycles. The predicted octanol–water partition coefficient (Wildman–Crippen LogP) is 0.999. The molecule has 0 saturated heterocycles. The van der Waals surface area contributed by atoms with Crippen LogP contribution in [0, 0.1) is 5.82 Å². The van der Waals surface area contributed by atoms with Crippen LogP contribution in [-0.2, 0) is 7.05 Å². The maximum absolute atomic E-state index is 13.1. The van der Waals surface area contributed by atoms with Gasteiger partial charge in [0.2, 0.25) is 0 Å². The zero-order chi connectivity index (χ0) is 11.9. The number of nitrogens with two attached hydrogens (primary N) is 1. The summed E-state index contributed by atoms with van der Waals surface area (Å²) in [6.45, 7) is 2.24. The van der Waals surface area contributed by atoms with E-state index in [2.05, 4.69) is 0 Å². The van der Waals surface area contributed by atoms with E-state index in [0.717, 1.165) is 0 Å². The summed E-state index contributed by atoms with van der Waals surface area (Å²) in [7, 11) is 1.63. The highest BCUT2D eigenvalue weighted by molar-refractivity contribution is 5.76. The lowest BCUT2D eigenvalue weighted by atomic mass is 10.2. The van der Waals surface area contributed by atoms with Crippen LogP contribution in [0.1, 0.15) is 13.0 Å². The van der Waals surface area contributed by atoms with Gasteiger partial charge in [-0.2, -0.15) is 0 Å². The summed E-state index contributed by atoms with van der Waals surface area (Å²) in [5.74, 6) is -0.347. The van der Waals surface area contributed by atoms with Gasteiger partial charge in [0.1, 0.15) is 5.82 Å². The molecule has 0 saturated carbocycles. The van der Waals surface area contributed by atoms with Crippen LogP contribution in [0.15, 0.2) is 23.0 Å². The lowest BCUT2D eigenvalue weighted by Crippen LogP contribution is -2.28. The molecule has 16 heavy (non-hydrogen) atoms. The SMILES string of the molecule is CC(CN)n1c(=O)n(C)c2cc(F)ccc21. The fraction of sp³-hybridized carbons (Fsp3) is 0.364. The lowest BCUT2D eigenvalue weighted by molar-refractivity contribution is 0.546. The van der Waals surface area contributed by atoms with Gasteiger partial charge in [0.15, 0.2) is 0 Å². The fourth-order valence-corrected chi connectivity index (χ4v) is 1.87. The van der Waals surface area contributed by atoms with Gasteiger partial charge in [-0.3, -0.25) is 9.13 Å². The van der Waals surface area contributed by atoms with E-state index in [1.165, 1.54) is 16.7 Å². The molecule has 2 N–H and O–H groups in total. The molecule has 0 bridgehead atoms. The standard InChI is InChI=1S/C11H14FN3O/c1-7(6-13)15-9-4-3-8(12)5-10(9)14(2)11(15)16/h3-5,7H,6,13H2,1-2H3. The van der Waals surface area contributed by atoms with Crippen LogP contribution in [0.25, 0.3) is 11.0 Å². The number of hydrogen-bond acceptors (Lipinski definition) is 2. The van der Waals surface area contributed by atoms with Crippen LogP contribution >= 0.6 is 0 Å². The molecular formula is C11H14FN3O. The van der Waals surface area contributed by atoms with Crippen molar-refractivity contribution in [1.29, 1.82) is 0 Å². The Hall–Kier alpha value is -1.62. The maximum atomic E-state index is 13.1. The van der Waals surface area contributed by atoms with E-state index in [4.69, 9.17) is 5.73 Å². The highest BCUT2D eigenvalue weighted by Gasteiger charge is 2.14. The van der Waals surface area contributed by atoms with E-state index in [0.29, 0.717) is 17.6 Å². The number of rotatable bonds is 2. The molecule has 1 aromatic carbocycles. The van der Waals surface area contributed by atoms with Crippen molar-refractivity contribution in [2.75, 3.05) is 6.54 Å². The minimum absolute atomic E-state index is 0.0957. The number of imidazole rings is 1. The first-order valence-electron chi connectivity index (χ1n) is 5.12. The van der Waals surface area contributed by atoms with Gasteiger partial charge >= 0.3 is 5.69 Å². The molecule has 4 nitrogen and oxygen atoms in total. The smallest absolute Gasteiger partial charge is 0.328 e. The lowest BCUT2D eigenvalue weighted by Gasteiger charge is -2.09. The van der Waals surface area contributed by atoms with E-state index in [-0.39, 0.29) is 17.5 Å².